The predicted molar refractivity (Wildman–Crippen MR) is 54.5 cm³/mol. The van der Waals surface area contributed by atoms with Crippen LogP contribution in [0, 0.1) is 19.8 Å². The Morgan fingerprint density at radius 2 is 2.21 bits per heavy atom. The normalized spacial score (nSPS) is 15.9. The molecule has 76 valence electrons. The molecule has 1 saturated carbocycles. The second kappa shape index (κ2) is 3.60. The molecule has 14 heavy (non-hydrogen) atoms. The van der Waals surface area contributed by atoms with Gasteiger partial charge < -0.3 is 4.42 Å². The van der Waals surface area contributed by atoms with Gasteiger partial charge in [-0.1, -0.05) is 12.8 Å². The maximum Gasteiger partial charge on any atom is 0.166 e. The molecule has 1 aliphatic rings. The monoisotopic (exact) mass is 192 g/mol. The summed E-state index contributed by atoms with van der Waals surface area (Å²) < 4.78 is 5.34. The van der Waals surface area contributed by atoms with Gasteiger partial charge >= 0.3 is 0 Å². The highest BCUT2D eigenvalue weighted by molar-refractivity contribution is 5.97. The summed E-state index contributed by atoms with van der Waals surface area (Å²) in [6.45, 7) is 3.74. The van der Waals surface area contributed by atoms with Crippen molar-refractivity contribution in [2.24, 2.45) is 5.92 Å². The first-order valence-corrected chi connectivity index (χ1v) is 5.27. The number of Topliss-reactive ketones (excluding diaryl/α,β-unsaturated/α-hetero) is 1. The lowest BCUT2D eigenvalue weighted by atomic mass is 10.1. The van der Waals surface area contributed by atoms with Crippen molar-refractivity contribution in [1.82, 2.24) is 0 Å². The molecule has 2 heteroatoms. The van der Waals surface area contributed by atoms with Crippen molar-refractivity contribution < 1.29 is 9.21 Å². The lowest BCUT2D eigenvalue weighted by molar-refractivity contribution is 0.0976. The fraction of sp³-hybridized carbons (Fsp3) is 0.583. The van der Waals surface area contributed by atoms with E-state index in [4.69, 9.17) is 4.42 Å². The maximum atomic E-state index is 11.8. The lowest BCUT2D eigenvalue weighted by Gasteiger charge is -1.97. The van der Waals surface area contributed by atoms with Crippen molar-refractivity contribution in [3.05, 3.63) is 23.2 Å². The topological polar surface area (TPSA) is 30.2 Å². The molecule has 0 aromatic carbocycles. The van der Waals surface area contributed by atoms with Crippen LogP contribution < -0.4 is 0 Å². The van der Waals surface area contributed by atoms with E-state index in [1.165, 1.54) is 12.8 Å². The molecule has 1 aromatic heterocycles. The molecule has 0 bridgehead atoms. The van der Waals surface area contributed by atoms with Crippen molar-refractivity contribution in [3.8, 4) is 0 Å². The average Bonchev–Trinajstić information content (AvgIpc) is 2.88. The van der Waals surface area contributed by atoms with Crippen LogP contribution in [-0.2, 0) is 0 Å². The first kappa shape index (κ1) is 9.50. The van der Waals surface area contributed by atoms with Crippen molar-refractivity contribution in [3.63, 3.8) is 0 Å². The third-order valence-corrected chi connectivity index (χ3v) is 2.82. The summed E-state index contributed by atoms with van der Waals surface area (Å²) in [6.07, 6.45) is 4.38. The third-order valence-electron chi connectivity index (χ3n) is 2.82. The van der Waals surface area contributed by atoms with Gasteiger partial charge in [-0.2, -0.15) is 0 Å². The molecule has 1 heterocycles. The van der Waals surface area contributed by atoms with E-state index >= 15 is 0 Å². The molecule has 1 aliphatic carbocycles. The molecule has 0 atom stereocenters. The maximum absolute atomic E-state index is 11.8. The van der Waals surface area contributed by atoms with Crippen LogP contribution in [0.2, 0.25) is 0 Å². The Morgan fingerprint density at radius 3 is 2.71 bits per heavy atom. The minimum Gasteiger partial charge on any atom is -0.466 e. The molecule has 1 aromatic rings. The van der Waals surface area contributed by atoms with Crippen LogP contribution in [0.3, 0.4) is 0 Å². The van der Waals surface area contributed by atoms with E-state index in [0.717, 1.165) is 29.4 Å². The third kappa shape index (κ3) is 2.06. The summed E-state index contributed by atoms with van der Waals surface area (Å²) >= 11 is 0. The number of ketones is 1. The first-order chi connectivity index (χ1) is 6.66. The molecule has 2 rings (SSSR count). The number of aryl methyl sites for hydroxylation is 2. The molecule has 2 nitrogen and oxygen atoms in total. The highest BCUT2D eigenvalue weighted by Gasteiger charge is 2.23. The number of hydrogen-bond donors (Lipinski definition) is 0. The van der Waals surface area contributed by atoms with Crippen molar-refractivity contribution in [2.45, 2.75) is 39.5 Å². The van der Waals surface area contributed by atoms with Gasteiger partial charge in [0.1, 0.15) is 11.5 Å². The Labute approximate surface area is 84.3 Å². The fourth-order valence-electron chi connectivity index (χ4n) is 1.78. The number of hydrogen-bond acceptors (Lipinski definition) is 2. The highest BCUT2D eigenvalue weighted by atomic mass is 16.3. The van der Waals surface area contributed by atoms with Crippen molar-refractivity contribution in [1.29, 1.82) is 0 Å². The highest BCUT2D eigenvalue weighted by Crippen LogP contribution is 2.34. The molecule has 0 radical (unpaired) electrons. The zero-order chi connectivity index (χ0) is 10.1. The molecular formula is C12H16O2. The van der Waals surface area contributed by atoms with E-state index in [-0.39, 0.29) is 5.78 Å². The Kier molecular flexibility index (Phi) is 2.44. The van der Waals surface area contributed by atoms with Crippen LogP contribution in [0.5, 0.6) is 0 Å². The Balaban J connectivity index is 1.98. The minimum absolute atomic E-state index is 0.242. The summed E-state index contributed by atoms with van der Waals surface area (Å²) in [5, 5.41) is 0. The SMILES string of the molecule is Cc1cc(C(=O)CCC2CC2)c(C)o1. The second-order valence-corrected chi connectivity index (χ2v) is 4.23. The van der Waals surface area contributed by atoms with Gasteiger partial charge in [0, 0.05) is 6.42 Å². The lowest BCUT2D eigenvalue weighted by Crippen LogP contribution is -1.99. The Morgan fingerprint density at radius 1 is 1.50 bits per heavy atom. The predicted octanol–water partition coefficient (Wildman–Crippen LogP) is 3.27. The van der Waals surface area contributed by atoms with E-state index in [0.29, 0.717) is 6.42 Å². The van der Waals surface area contributed by atoms with Crippen molar-refractivity contribution >= 4 is 5.78 Å². The van der Waals surface area contributed by atoms with Crippen LogP contribution in [0.4, 0.5) is 0 Å². The van der Waals surface area contributed by atoms with E-state index < -0.39 is 0 Å². The van der Waals surface area contributed by atoms with Gasteiger partial charge in [0.25, 0.3) is 0 Å². The number of carbonyl (C=O) groups excluding carboxylic acids is 1. The molecule has 0 amide bonds. The van der Waals surface area contributed by atoms with Crippen LogP contribution in [0.1, 0.15) is 47.6 Å². The quantitative estimate of drug-likeness (QED) is 0.685. The van der Waals surface area contributed by atoms with Gasteiger partial charge in [0.05, 0.1) is 5.56 Å². The molecule has 0 N–H and O–H groups in total. The van der Waals surface area contributed by atoms with Gasteiger partial charge in [0.15, 0.2) is 5.78 Å². The molecule has 1 fully saturated rings. The largest absolute Gasteiger partial charge is 0.466 e. The molecular weight excluding hydrogens is 176 g/mol. The molecule has 0 unspecified atom stereocenters. The summed E-state index contributed by atoms with van der Waals surface area (Å²) in [5.41, 5.74) is 0.781. The number of furan rings is 1. The number of carbonyl (C=O) groups is 1. The molecule has 0 saturated heterocycles. The van der Waals surface area contributed by atoms with Crippen LogP contribution in [-0.4, -0.2) is 5.78 Å². The van der Waals surface area contributed by atoms with Crippen LogP contribution >= 0.6 is 0 Å². The Hall–Kier alpha value is -1.05. The van der Waals surface area contributed by atoms with Gasteiger partial charge in [0.2, 0.25) is 0 Å². The smallest absolute Gasteiger partial charge is 0.166 e. The number of rotatable bonds is 4. The molecule has 0 spiro atoms. The molecule has 0 aliphatic heterocycles. The standard InChI is InChI=1S/C12H16O2/c1-8-7-11(9(2)14-8)12(13)6-5-10-3-4-10/h7,10H,3-6H2,1-2H3. The Bertz CT molecular complexity index is 345. The van der Waals surface area contributed by atoms with Gasteiger partial charge in [-0.15, -0.1) is 0 Å². The van der Waals surface area contributed by atoms with Crippen LogP contribution in [0.15, 0.2) is 10.5 Å². The van der Waals surface area contributed by atoms with Gasteiger partial charge in [-0.05, 0) is 32.3 Å². The van der Waals surface area contributed by atoms with Gasteiger partial charge in [-0.25, -0.2) is 0 Å². The van der Waals surface area contributed by atoms with Crippen LogP contribution in [0.25, 0.3) is 0 Å². The van der Waals surface area contributed by atoms with E-state index in [2.05, 4.69) is 0 Å². The summed E-state index contributed by atoms with van der Waals surface area (Å²) in [7, 11) is 0. The van der Waals surface area contributed by atoms with Gasteiger partial charge in [-0.3, -0.25) is 4.79 Å². The summed E-state index contributed by atoms with van der Waals surface area (Å²) in [5.74, 6) is 2.67. The van der Waals surface area contributed by atoms with E-state index in [9.17, 15) is 4.79 Å². The first-order valence-electron chi connectivity index (χ1n) is 5.27. The zero-order valence-electron chi connectivity index (χ0n) is 8.80. The summed E-state index contributed by atoms with van der Waals surface area (Å²) in [6, 6.07) is 1.85. The second-order valence-electron chi connectivity index (χ2n) is 4.23. The fourth-order valence-corrected chi connectivity index (χ4v) is 1.78. The zero-order valence-corrected chi connectivity index (χ0v) is 8.80. The summed E-state index contributed by atoms with van der Waals surface area (Å²) in [4.78, 5) is 11.8. The van der Waals surface area contributed by atoms with E-state index in [1.54, 1.807) is 0 Å². The van der Waals surface area contributed by atoms with Crippen molar-refractivity contribution in [2.75, 3.05) is 0 Å². The average molecular weight is 192 g/mol. The minimum atomic E-state index is 0.242. The van der Waals surface area contributed by atoms with E-state index in [1.807, 2.05) is 19.9 Å².